The fourth-order valence-electron chi connectivity index (χ4n) is 1.19. The van der Waals surface area contributed by atoms with Crippen LogP contribution >= 0.6 is 11.3 Å². The molecule has 0 fully saturated rings. The summed E-state index contributed by atoms with van der Waals surface area (Å²) in [5.41, 5.74) is 0. The first kappa shape index (κ1) is 12.5. The Morgan fingerprint density at radius 1 is 1.47 bits per heavy atom. The molecule has 0 aliphatic heterocycles. The average molecular weight is 228 g/mol. The highest BCUT2D eigenvalue weighted by Crippen LogP contribution is 2.26. The third kappa shape index (κ3) is 3.80. The summed E-state index contributed by atoms with van der Waals surface area (Å²) >= 11 is 1.57. The second kappa shape index (κ2) is 5.47. The van der Waals surface area contributed by atoms with E-state index in [1.54, 1.807) is 24.5 Å². The summed E-state index contributed by atoms with van der Waals surface area (Å²) in [6.45, 7) is 7.23. The van der Waals surface area contributed by atoms with E-state index in [1.807, 2.05) is 7.05 Å². The number of anilines is 1. The number of aromatic nitrogens is 1. The molecule has 0 aliphatic carbocycles. The molecule has 4 heteroatoms. The number of hydrogen-bond donors (Lipinski definition) is 1. The Morgan fingerprint density at radius 2 is 2.13 bits per heavy atom. The molecule has 1 N–H and O–H groups in total. The minimum absolute atomic E-state index is 0.408. The molecule has 0 saturated carbocycles. The molecule has 1 aromatic rings. The quantitative estimate of drug-likeness (QED) is 0.841. The Bertz CT molecular complexity index is 297. The molecular formula is C11H20N2OS. The molecule has 1 rings (SSSR count). The van der Waals surface area contributed by atoms with E-state index in [0.717, 1.165) is 16.6 Å². The van der Waals surface area contributed by atoms with Crippen LogP contribution in [0.4, 0.5) is 5.13 Å². The SMILES string of the molecule is CC(C)CCN(C)c1ncc(C(C)O)s1. The van der Waals surface area contributed by atoms with Gasteiger partial charge in [0.05, 0.1) is 11.0 Å². The normalized spacial score (nSPS) is 13.2. The van der Waals surface area contributed by atoms with E-state index in [2.05, 4.69) is 23.7 Å². The van der Waals surface area contributed by atoms with Crippen LogP contribution in [0.15, 0.2) is 6.20 Å². The van der Waals surface area contributed by atoms with Crippen molar-refractivity contribution in [2.24, 2.45) is 5.92 Å². The highest BCUT2D eigenvalue weighted by atomic mass is 32.1. The number of nitrogens with zero attached hydrogens (tertiary/aromatic N) is 2. The number of aliphatic hydroxyl groups is 1. The Hall–Kier alpha value is -0.610. The van der Waals surface area contributed by atoms with Gasteiger partial charge in [-0.15, -0.1) is 0 Å². The second-order valence-corrected chi connectivity index (χ2v) is 5.37. The van der Waals surface area contributed by atoms with Gasteiger partial charge in [0.15, 0.2) is 5.13 Å². The molecule has 0 saturated heterocycles. The molecule has 15 heavy (non-hydrogen) atoms. The predicted octanol–water partition coefficient (Wildman–Crippen LogP) is 2.68. The van der Waals surface area contributed by atoms with Crippen molar-refractivity contribution in [3.63, 3.8) is 0 Å². The molecule has 0 amide bonds. The van der Waals surface area contributed by atoms with Crippen LogP contribution in [-0.4, -0.2) is 23.7 Å². The van der Waals surface area contributed by atoms with Gasteiger partial charge in [0, 0.05) is 19.8 Å². The summed E-state index contributed by atoms with van der Waals surface area (Å²) in [4.78, 5) is 7.38. The Morgan fingerprint density at radius 3 is 2.60 bits per heavy atom. The first-order chi connectivity index (χ1) is 7.00. The van der Waals surface area contributed by atoms with Crippen molar-refractivity contribution < 1.29 is 5.11 Å². The second-order valence-electron chi connectivity index (χ2n) is 4.33. The van der Waals surface area contributed by atoms with Crippen LogP contribution in [0.3, 0.4) is 0 Å². The summed E-state index contributed by atoms with van der Waals surface area (Å²) in [5, 5.41) is 10.4. The van der Waals surface area contributed by atoms with Crippen molar-refractivity contribution in [3.8, 4) is 0 Å². The summed E-state index contributed by atoms with van der Waals surface area (Å²) in [7, 11) is 2.05. The molecule has 1 heterocycles. The third-order valence-electron chi connectivity index (χ3n) is 2.29. The first-order valence-corrected chi connectivity index (χ1v) is 6.17. The molecule has 0 bridgehead atoms. The van der Waals surface area contributed by atoms with Crippen molar-refractivity contribution in [1.29, 1.82) is 0 Å². The lowest BCUT2D eigenvalue weighted by Gasteiger charge is -2.16. The smallest absolute Gasteiger partial charge is 0.185 e. The van der Waals surface area contributed by atoms with Crippen molar-refractivity contribution in [2.45, 2.75) is 33.3 Å². The standard InChI is InChI=1S/C11H20N2OS/c1-8(2)5-6-13(4)11-12-7-10(15-11)9(3)14/h7-9,14H,5-6H2,1-4H3. The molecule has 86 valence electrons. The van der Waals surface area contributed by atoms with Crippen molar-refractivity contribution in [1.82, 2.24) is 4.98 Å². The number of thiazole rings is 1. The summed E-state index contributed by atoms with van der Waals surface area (Å²) in [6.07, 6.45) is 2.52. The maximum Gasteiger partial charge on any atom is 0.185 e. The highest BCUT2D eigenvalue weighted by molar-refractivity contribution is 7.15. The fraction of sp³-hybridized carbons (Fsp3) is 0.727. The van der Waals surface area contributed by atoms with E-state index in [9.17, 15) is 5.11 Å². The monoisotopic (exact) mass is 228 g/mol. The number of rotatable bonds is 5. The van der Waals surface area contributed by atoms with Gasteiger partial charge in [-0.2, -0.15) is 0 Å². The summed E-state index contributed by atoms with van der Waals surface area (Å²) < 4.78 is 0. The molecule has 1 unspecified atom stereocenters. The van der Waals surface area contributed by atoms with Gasteiger partial charge in [-0.05, 0) is 19.3 Å². The topological polar surface area (TPSA) is 36.4 Å². The fourth-order valence-corrected chi connectivity index (χ4v) is 2.03. The van der Waals surface area contributed by atoms with Gasteiger partial charge >= 0.3 is 0 Å². The van der Waals surface area contributed by atoms with E-state index in [0.29, 0.717) is 5.92 Å². The minimum Gasteiger partial charge on any atom is -0.388 e. The highest BCUT2D eigenvalue weighted by Gasteiger charge is 2.10. The van der Waals surface area contributed by atoms with Gasteiger partial charge in [0.2, 0.25) is 0 Å². The van der Waals surface area contributed by atoms with Crippen LogP contribution in [0, 0.1) is 5.92 Å². The lowest BCUT2D eigenvalue weighted by atomic mass is 10.1. The Kier molecular flexibility index (Phi) is 4.54. The zero-order valence-corrected chi connectivity index (χ0v) is 10.7. The number of aliphatic hydroxyl groups excluding tert-OH is 1. The van der Waals surface area contributed by atoms with Crippen LogP contribution in [0.1, 0.15) is 38.2 Å². The van der Waals surface area contributed by atoms with E-state index >= 15 is 0 Å². The van der Waals surface area contributed by atoms with Crippen LogP contribution in [-0.2, 0) is 0 Å². The molecule has 3 nitrogen and oxygen atoms in total. The molecule has 0 radical (unpaired) electrons. The Balaban J connectivity index is 2.54. The van der Waals surface area contributed by atoms with Gasteiger partial charge < -0.3 is 10.0 Å². The third-order valence-corrected chi connectivity index (χ3v) is 3.57. The van der Waals surface area contributed by atoms with Crippen molar-refractivity contribution in [2.75, 3.05) is 18.5 Å². The van der Waals surface area contributed by atoms with Gasteiger partial charge in [-0.1, -0.05) is 25.2 Å². The summed E-state index contributed by atoms with van der Waals surface area (Å²) in [5.74, 6) is 0.712. The Labute approximate surface area is 95.8 Å². The molecule has 0 spiro atoms. The molecular weight excluding hydrogens is 208 g/mol. The van der Waals surface area contributed by atoms with Crippen LogP contribution < -0.4 is 4.90 Å². The van der Waals surface area contributed by atoms with E-state index in [-0.39, 0.29) is 0 Å². The zero-order chi connectivity index (χ0) is 11.4. The van der Waals surface area contributed by atoms with Crippen molar-refractivity contribution >= 4 is 16.5 Å². The lowest BCUT2D eigenvalue weighted by molar-refractivity contribution is 0.203. The van der Waals surface area contributed by atoms with Crippen LogP contribution in [0.2, 0.25) is 0 Å². The number of hydrogen-bond acceptors (Lipinski definition) is 4. The maximum absolute atomic E-state index is 9.39. The predicted molar refractivity (Wildman–Crippen MR) is 65.5 cm³/mol. The zero-order valence-electron chi connectivity index (χ0n) is 9.90. The van der Waals surface area contributed by atoms with Gasteiger partial charge in [0.1, 0.15) is 0 Å². The van der Waals surface area contributed by atoms with Crippen molar-refractivity contribution in [3.05, 3.63) is 11.1 Å². The van der Waals surface area contributed by atoms with Crippen LogP contribution in [0.5, 0.6) is 0 Å². The molecule has 0 aliphatic rings. The molecule has 1 atom stereocenters. The average Bonchev–Trinajstić information content (AvgIpc) is 2.62. The molecule has 0 aromatic carbocycles. The largest absolute Gasteiger partial charge is 0.388 e. The molecule has 1 aromatic heterocycles. The van der Waals surface area contributed by atoms with Gasteiger partial charge in [-0.3, -0.25) is 0 Å². The van der Waals surface area contributed by atoms with E-state index in [1.165, 1.54) is 6.42 Å². The van der Waals surface area contributed by atoms with Gasteiger partial charge in [-0.25, -0.2) is 4.98 Å². The first-order valence-electron chi connectivity index (χ1n) is 5.35. The van der Waals surface area contributed by atoms with E-state index < -0.39 is 6.10 Å². The maximum atomic E-state index is 9.39. The van der Waals surface area contributed by atoms with E-state index in [4.69, 9.17) is 0 Å². The van der Waals surface area contributed by atoms with Crippen LogP contribution in [0.25, 0.3) is 0 Å². The minimum atomic E-state index is -0.408. The van der Waals surface area contributed by atoms with Gasteiger partial charge in [0.25, 0.3) is 0 Å². The summed E-state index contributed by atoms with van der Waals surface area (Å²) in [6, 6.07) is 0. The lowest BCUT2D eigenvalue weighted by Crippen LogP contribution is -2.19.